The van der Waals surface area contributed by atoms with Crippen molar-refractivity contribution in [3.05, 3.63) is 29.8 Å². The van der Waals surface area contributed by atoms with Gasteiger partial charge in [-0.25, -0.2) is 0 Å². The maximum atomic E-state index is 11.3. The predicted molar refractivity (Wildman–Crippen MR) is 97.6 cm³/mol. The number of benzene rings is 1. The summed E-state index contributed by atoms with van der Waals surface area (Å²) in [7, 11) is 0. The SMILES string of the molecule is CCOC(=O)CCCOc1ccc(C2C3CC4CC(C3)CC2C4)cc1. The molecule has 3 nitrogen and oxygen atoms in total. The molecule has 0 amide bonds. The van der Waals surface area contributed by atoms with Gasteiger partial charge >= 0.3 is 5.97 Å². The second-order valence-electron chi connectivity index (χ2n) is 8.28. The Morgan fingerprint density at radius 3 is 2.24 bits per heavy atom. The van der Waals surface area contributed by atoms with Gasteiger partial charge in [-0.2, -0.15) is 0 Å². The fourth-order valence-electron chi connectivity index (χ4n) is 5.90. The van der Waals surface area contributed by atoms with Gasteiger partial charge in [0, 0.05) is 6.42 Å². The molecule has 5 rings (SSSR count). The fourth-order valence-corrected chi connectivity index (χ4v) is 5.90. The average Bonchev–Trinajstić information content (AvgIpc) is 2.59. The second-order valence-corrected chi connectivity index (χ2v) is 8.28. The molecule has 0 aliphatic heterocycles. The van der Waals surface area contributed by atoms with E-state index in [1.165, 1.54) is 37.7 Å². The Labute approximate surface area is 151 Å². The van der Waals surface area contributed by atoms with Gasteiger partial charge in [0.2, 0.25) is 0 Å². The van der Waals surface area contributed by atoms with Gasteiger partial charge in [-0.1, -0.05) is 12.1 Å². The first kappa shape index (κ1) is 16.9. The molecule has 0 N–H and O–H groups in total. The maximum Gasteiger partial charge on any atom is 0.305 e. The van der Waals surface area contributed by atoms with Gasteiger partial charge in [0.05, 0.1) is 13.2 Å². The van der Waals surface area contributed by atoms with Gasteiger partial charge < -0.3 is 9.47 Å². The molecule has 0 unspecified atom stereocenters. The quantitative estimate of drug-likeness (QED) is 0.519. The van der Waals surface area contributed by atoms with Crippen molar-refractivity contribution < 1.29 is 14.3 Å². The van der Waals surface area contributed by atoms with Crippen molar-refractivity contribution in [3.63, 3.8) is 0 Å². The number of rotatable bonds is 7. The van der Waals surface area contributed by atoms with E-state index >= 15 is 0 Å². The van der Waals surface area contributed by atoms with Crippen LogP contribution in [0.1, 0.15) is 63.4 Å². The molecule has 0 saturated heterocycles. The predicted octanol–water partition coefficient (Wildman–Crippen LogP) is 4.95. The van der Waals surface area contributed by atoms with Gasteiger partial charge in [0.25, 0.3) is 0 Å². The molecule has 4 fully saturated rings. The van der Waals surface area contributed by atoms with Crippen LogP contribution in [0.3, 0.4) is 0 Å². The first-order valence-electron chi connectivity index (χ1n) is 10.1. The molecule has 0 atom stereocenters. The van der Waals surface area contributed by atoms with Crippen molar-refractivity contribution in [2.75, 3.05) is 13.2 Å². The van der Waals surface area contributed by atoms with Crippen LogP contribution in [0.25, 0.3) is 0 Å². The summed E-state index contributed by atoms with van der Waals surface area (Å²) in [5.74, 6) is 5.46. The first-order valence-corrected chi connectivity index (χ1v) is 10.1. The summed E-state index contributed by atoms with van der Waals surface area (Å²) >= 11 is 0. The Kier molecular flexibility index (Phi) is 5.00. The maximum absolute atomic E-state index is 11.3. The highest BCUT2D eigenvalue weighted by Gasteiger charge is 2.48. The van der Waals surface area contributed by atoms with Crippen molar-refractivity contribution in [2.45, 2.75) is 57.8 Å². The minimum absolute atomic E-state index is 0.136. The number of carbonyl (C=O) groups is 1. The number of esters is 1. The zero-order valence-corrected chi connectivity index (χ0v) is 15.3. The molecule has 3 heteroatoms. The standard InChI is InChI=1S/C22H30O3/c1-2-24-21(23)4-3-9-25-20-7-5-17(6-8-20)22-18-11-15-10-16(13-18)14-19(22)12-15/h5-8,15-16,18-19,22H,2-4,9-14H2,1H3. The highest BCUT2D eigenvalue weighted by atomic mass is 16.5. The van der Waals surface area contributed by atoms with Crippen LogP contribution in [0.5, 0.6) is 5.75 Å². The summed E-state index contributed by atoms with van der Waals surface area (Å²) in [6.07, 6.45) is 8.50. The zero-order chi connectivity index (χ0) is 17.2. The van der Waals surface area contributed by atoms with Crippen LogP contribution < -0.4 is 4.74 Å². The molecular formula is C22H30O3. The van der Waals surface area contributed by atoms with Crippen molar-refractivity contribution in [2.24, 2.45) is 23.7 Å². The molecule has 0 aromatic heterocycles. The van der Waals surface area contributed by atoms with Gasteiger partial charge in [-0.3, -0.25) is 4.79 Å². The van der Waals surface area contributed by atoms with E-state index in [-0.39, 0.29) is 5.97 Å². The van der Waals surface area contributed by atoms with Crippen molar-refractivity contribution in [1.29, 1.82) is 0 Å². The number of ether oxygens (including phenoxy) is 2. The summed E-state index contributed by atoms with van der Waals surface area (Å²) < 4.78 is 10.7. The third-order valence-electron chi connectivity index (χ3n) is 6.59. The molecule has 0 spiro atoms. The normalized spacial score (nSPS) is 32.6. The molecule has 4 aliphatic carbocycles. The Morgan fingerprint density at radius 2 is 1.64 bits per heavy atom. The summed E-state index contributed by atoms with van der Waals surface area (Å²) in [4.78, 5) is 11.3. The van der Waals surface area contributed by atoms with Gasteiger partial charge in [-0.05, 0) is 92.7 Å². The van der Waals surface area contributed by atoms with Crippen molar-refractivity contribution in [1.82, 2.24) is 0 Å². The molecule has 1 aromatic carbocycles. The lowest BCUT2D eigenvalue weighted by Gasteiger charge is -2.54. The lowest BCUT2D eigenvalue weighted by molar-refractivity contribution is -0.143. The van der Waals surface area contributed by atoms with E-state index in [1.807, 2.05) is 6.92 Å². The van der Waals surface area contributed by atoms with Crippen molar-refractivity contribution >= 4 is 5.97 Å². The summed E-state index contributed by atoms with van der Waals surface area (Å²) in [6.45, 7) is 2.85. The number of hydrogen-bond donors (Lipinski definition) is 0. The van der Waals surface area contributed by atoms with Crippen molar-refractivity contribution in [3.8, 4) is 5.75 Å². The number of hydrogen-bond acceptors (Lipinski definition) is 3. The minimum atomic E-state index is -0.136. The van der Waals surface area contributed by atoms with Gasteiger partial charge in [-0.15, -0.1) is 0 Å². The molecule has 136 valence electrons. The molecule has 4 bridgehead atoms. The van der Waals surface area contributed by atoms with Crippen LogP contribution >= 0.6 is 0 Å². The van der Waals surface area contributed by atoms with Crippen LogP contribution in [0, 0.1) is 23.7 Å². The largest absolute Gasteiger partial charge is 0.494 e. The summed E-state index contributed by atoms with van der Waals surface area (Å²) in [6, 6.07) is 8.80. The van der Waals surface area contributed by atoms with E-state index in [0.29, 0.717) is 26.1 Å². The summed E-state index contributed by atoms with van der Waals surface area (Å²) in [5.41, 5.74) is 1.52. The minimum Gasteiger partial charge on any atom is -0.494 e. The van der Waals surface area contributed by atoms with E-state index in [2.05, 4.69) is 24.3 Å². The second kappa shape index (κ2) is 7.39. The molecule has 4 saturated carbocycles. The van der Waals surface area contributed by atoms with E-state index in [4.69, 9.17) is 9.47 Å². The molecular weight excluding hydrogens is 312 g/mol. The van der Waals surface area contributed by atoms with Gasteiger partial charge in [0.15, 0.2) is 0 Å². The lowest BCUT2D eigenvalue weighted by atomic mass is 9.51. The Morgan fingerprint density at radius 1 is 1.00 bits per heavy atom. The highest BCUT2D eigenvalue weighted by molar-refractivity contribution is 5.69. The van der Waals surface area contributed by atoms with E-state index in [0.717, 1.165) is 35.3 Å². The smallest absolute Gasteiger partial charge is 0.305 e. The van der Waals surface area contributed by atoms with Gasteiger partial charge in [0.1, 0.15) is 5.75 Å². The monoisotopic (exact) mass is 342 g/mol. The van der Waals surface area contributed by atoms with Crippen LogP contribution in [-0.4, -0.2) is 19.2 Å². The van der Waals surface area contributed by atoms with Crippen LogP contribution in [0.15, 0.2) is 24.3 Å². The van der Waals surface area contributed by atoms with Crippen LogP contribution in [-0.2, 0) is 9.53 Å². The third-order valence-corrected chi connectivity index (χ3v) is 6.59. The Hall–Kier alpha value is -1.51. The number of carbonyl (C=O) groups excluding carboxylic acids is 1. The zero-order valence-electron chi connectivity index (χ0n) is 15.3. The molecule has 0 heterocycles. The van der Waals surface area contributed by atoms with E-state index in [1.54, 1.807) is 0 Å². The molecule has 0 radical (unpaired) electrons. The van der Waals surface area contributed by atoms with E-state index in [9.17, 15) is 4.79 Å². The Bertz CT molecular complexity index is 564. The third kappa shape index (κ3) is 3.70. The fraction of sp³-hybridized carbons (Fsp3) is 0.682. The van der Waals surface area contributed by atoms with Crippen LogP contribution in [0.4, 0.5) is 0 Å². The Balaban J connectivity index is 1.30. The first-order chi connectivity index (χ1) is 12.2. The summed E-state index contributed by atoms with van der Waals surface area (Å²) in [5, 5.41) is 0. The molecule has 4 aliphatic rings. The van der Waals surface area contributed by atoms with Crippen LogP contribution in [0.2, 0.25) is 0 Å². The highest BCUT2D eigenvalue weighted by Crippen LogP contribution is 2.59. The molecule has 1 aromatic rings. The topological polar surface area (TPSA) is 35.5 Å². The average molecular weight is 342 g/mol. The lowest BCUT2D eigenvalue weighted by Crippen LogP contribution is -2.43. The molecule has 25 heavy (non-hydrogen) atoms. The van der Waals surface area contributed by atoms with E-state index < -0.39 is 0 Å².